The van der Waals surface area contributed by atoms with Crippen LogP contribution in [0.5, 0.6) is 0 Å². The molecule has 4 amide bonds. The third kappa shape index (κ3) is 11.5. The fourth-order valence-electron chi connectivity index (χ4n) is 4.09. The van der Waals surface area contributed by atoms with Crippen molar-refractivity contribution in [1.82, 2.24) is 16.0 Å². The number of primary amides is 1. The molecule has 14 heteroatoms. The van der Waals surface area contributed by atoms with E-state index in [4.69, 9.17) is 34.1 Å². The maximum Gasteiger partial charge on any atom is 0.243 e. The molecule has 0 radical (unpaired) electrons. The van der Waals surface area contributed by atoms with E-state index in [9.17, 15) is 19.2 Å². The lowest BCUT2D eigenvalue weighted by Gasteiger charge is -2.24. The number of nitrogens with zero attached hydrogens (tertiary/aromatic N) is 1. The lowest BCUT2D eigenvalue weighted by atomic mass is 9.95. The number of anilines is 1. The maximum atomic E-state index is 13.6. The molecule has 0 heterocycles. The molecule has 2 aromatic carbocycles. The summed E-state index contributed by atoms with van der Waals surface area (Å²) in [7, 11) is 0. The van der Waals surface area contributed by atoms with Crippen LogP contribution in [0.2, 0.25) is 0 Å². The van der Waals surface area contributed by atoms with Gasteiger partial charge in [-0.2, -0.15) is 0 Å². The van der Waals surface area contributed by atoms with Gasteiger partial charge in [0.15, 0.2) is 5.96 Å². The van der Waals surface area contributed by atoms with Gasteiger partial charge in [-0.3, -0.25) is 29.6 Å². The van der Waals surface area contributed by atoms with Crippen molar-refractivity contribution in [1.29, 1.82) is 5.41 Å². The van der Waals surface area contributed by atoms with Crippen molar-refractivity contribution >= 4 is 41.1 Å². The molecule has 0 saturated carbocycles. The Bertz CT molecular complexity index is 1320. The molecule has 0 fully saturated rings. The number of carbonyl (C=O) groups is 4. The molecular weight excluding hydrogens is 552 g/mol. The van der Waals surface area contributed by atoms with Gasteiger partial charge in [-0.15, -0.1) is 6.58 Å². The topological polar surface area (TPSA) is 271 Å². The molecule has 14 N–H and O–H groups in total. The van der Waals surface area contributed by atoms with Gasteiger partial charge in [0.2, 0.25) is 23.6 Å². The largest absolute Gasteiger partial charge is 0.399 e. The van der Waals surface area contributed by atoms with Crippen molar-refractivity contribution < 1.29 is 19.2 Å². The second-order valence-electron chi connectivity index (χ2n) is 9.82. The summed E-state index contributed by atoms with van der Waals surface area (Å²) < 4.78 is 0. The van der Waals surface area contributed by atoms with Gasteiger partial charge in [-0.1, -0.05) is 42.5 Å². The minimum absolute atomic E-state index is 0.00208. The van der Waals surface area contributed by atoms with Crippen LogP contribution >= 0.6 is 0 Å². The molecule has 0 spiro atoms. The summed E-state index contributed by atoms with van der Waals surface area (Å²) in [5.74, 6) is -4.18. The van der Waals surface area contributed by atoms with E-state index >= 15 is 0 Å². The number of carbonyl (C=O) groups excluding carboxylic acids is 4. The average molecular weight is 593 g/mol. The SMILES string of the molecule is C=CCNC(=O)C(Cc1ccc(C(=N)N)cc1)C(=O)NC(Cc1ccc(N)cc1)C(=O)N[C@@H](CCCN=C(N)N)C(N)=O. The van der Waals surface area contributed by atoms with E-state index in [1.165, 1.54) is 6.08 Å². The van der Waals surface area contributed by atoms with Crippen LogP contribution < -0.4 is 44.6 Å². The van der Waals surface area contributed by atoms with Gasteiger partial charge < -0.3 is 44.6 Å². The zero-order chi connectivity index (χ0) is 31.9. The quantitative estimate of drug-likeness (QED) is 0.0267. The highest BCUT2D eigenvalue weighted by molar-refractivity contribution is 6.02. The summed E-state index contributed by atoms with van der Waals surface area (Å²) in [5.41, 5.74) is 29.8. The van der Waals surface area contributed by atoms with Crippen LogP contribution in [0.4, 0.5) is 5.69 Å². The number of guanidine groups is 1. The first-order valence-corrected chi connectivity index (χ1v) is 13.5. The molecular formula is C29H40N10O4. The van der Waals surface area contributed by atoms with Crippen LogP contribution in [0.3, 0.4) is 0 Å². The molecule has 0 aliphatic carbocycles. The minimum Gasteiger partial charge on any atom is -0.399 e. The van der Waals surface area contributed by atoms with Gasteiger partial charge in [0.25, 0.3) is 0 Å². The molecule has 2 rings (SSSR count). The van der Waals surface area contributed by atoms with Gasteiger partial charge in [0, 0.05) is 30.8 Å². The van der Waals surface area contributed by atoms with Crippen molar-refractivity contribution in [3.63, 3.8) is 0 Å². The second kappa shape index (κ2) is 16.8. The fraction of sp³-hybridized carbons (Fsp3) is 0.310. The number of hydrogen-bond donors (Lipinski definition) is 9. The third-order valence-corrected chi connectivity index (χ3v) is 6.42. The predicted octanol–water partition coefficient (Wildman–Crippen LogP) is -1.24. The van der Waals surface area contributed by atoms with Crippen molar-refractivity contribution in [3.8, 4) is 0 Å². The van der Waals surface area contributed by atoms with Crippen molar-refractivity contribution in [3.05, 3.63) is 77.9 Å². The van der Waals surface area contributed by atoms with E-state index in [0.717, 1.165) is 0 Å². The van der Waals surface area contributed by atoms with E-state index < -0.39 is 41.6 Å². The molecule has 0 bridgehead atoms. The fourth-order valence-corrected chi connectivity index (χ4v) is 4.09. The highest BCUT2D eigenvalue weighted by Crippen LogP contribution is 2.14. The van der Waals surface area contributed by atoms with Crippen molar-refractivity contribution in [2.24, 2.45) is 33.8 Å². The Hall–Kier alpha value is -5.40. The molecule has 0 aromatic heterocycles. The summed E-state index contributed by atoms with van der Waals surface area (Å²) in [5, 5.41) is 15.5. The van der Waals surface area contributed by atoms with Crippen LogP contribution in [0.15, 0.2) is 66.2 Å². The van der Waals surface area contributed by atoms with Crippen LogP contribution in [0.25, 0.3) is 0 Å². The first-order chi connectivity index (χ1) is 20.4. The number of benzene rings is 2. The average Bonchev–Trinajstić information content (AvgIpc) is 2.96. The van der Waals surface area contributed by atoms with Gasteiger partial charge in [0.1, 0.15) is 23.8 Å². The zero-order valence-corrected chi connectivity index (χ0v) is 23.8. The first kappa shape index (κ1) is 33.8. The normalized spacial score (nSPS) is 12.6. The number of amidine groups is 1. The predicted molar refractivity (Wildman–Crippen MR) is 165 cm³/mol. The zero-order valence-electron chi connectivity index (χ0n) is 23.8. The Balaban J connectivity index is 2.31. The highest BCUT2D eigenvalue weighted by atomic mass is 16.2. The number of aliphatic imine (C=N–C) groups is 1. The van der Waals surface area contributed by atoms with Crippen LogP contribution in [0, 0.1) is 11.3 Å². The third-order valence-electron chi connectivity index (χ3n) is 6.42. The van der Waals surface area contributed by atoms with Crippen LogP contribution in [-0.2, 0) is 32.0 Å². The smallest absolute Gasteiger partial charge is 0.243 e. The van der Waals surface area contributed by atoms with Crippen molar-refractivity contribution in [2.45, 2.75) is 37.8 Å². The molecule has 0 saturated heterocycles. The number of nitrogens with two attached hydrogens (primary N) is 5. The van der Waals surface area contributed by atoms with Crippen LogP contribution in [-0.4, -0.2) is 60.6 Å². The number of nitrogens with one attached hydrogen (secondary N) is 4. The standard InChI is InChI=1S/C29H40N10O4/c1-2-13-36-26(41)21(15-17-5-9-19(10-6-17)24(31)32)27(42)39-23(16-18-7-11-20(30)12-8-18)28(43)38-22(25(33)40)4-3-14-37-29(34)35/h2,5-12,21-23H,1,3-4,13-16,30H2,(H3,31,32)(H2,33,40)(H,36,41)(H,38,43)(H,39,42)(H4,34,35,37)/t21?,22-,23?/m0/s1. The molecule has 230 valence electrons. The van der Waals surface area contributed by atoms with Gasteiger partial charge in [0.05, 0.1) is 0 Å². The lowest BCUT2D eigenvalue weighted by Crippen LogP contribution is -2.55. The van der Waals surface area contributed by atoms with E-state index in [-0.39, 0.29) is 44.1 Å². The van der Waals surface area contributed by atoms with Gasteiger partial charge >= 0.3 is 0 Å². The number of hydrogen-bond acceptors (Lipinski definition) is 7. The minimum atomic E-state index is -1.23. The lowest BCUT2D eigenvalue weighted by molar-refractivity contribution is -0.138. The van der Waals surface area contributed by atoms with E-state index in [1.54, 1.807) is 48.5 Å². The Morgan fingerprint density at radius 2 is 1.42 bits per heavy atom. The number of rotatable bonds is 17. The molecule has 0 aliphatic heterocycles. The first-order valence-electron chi connectivity index (χ1n) is 13.5. The van der Waals surface area contributed by atoms with E-state index in [0.29, 0.717) is 28.8 Å². The summed E-state index contributed by atoms with van der Waals surface area (Å²) in [6.07, 6.45) is 2.02. The Kier molecular flexibility index (Phi) is 13.2. The molecule has 3 atom stereocenters. The number of amides is 4. The second-order valence-corrected chi connectivity index (χ2v) is 9.82. The molecule has 0 aliphatic rings. The Morgan fingerprint density at radius 3 is 1.98 bits per heavy atom. The van der Waals surface area contributed by atoms with Crippen LogP contribution in [0.1, 0.15) is 29.5 Å². The molecule has 14 nitrogen and oxygen atoms in total. The Labute approximate surface area is 250 Å². The summed E-state index contributed by atoms with van der Waals surface area (Å²) in [4.78, 5) is 56.1. The molecule has 43 heavy (non-hydrogen) atoms. The van der Waals surface area contributed by atoms with Gasteiger partial charge in [-0.25, -0.2) is 0 Å². The summed E-state index contributed by atoms with van der Waals surface area (Å²) in [6, 6.07) is 11.0. The van der Waals surface area contributed by atoms with Crippen molar-refractivity contribution in [2.75, 3.05) is 18.8 Å². The Morgan fingerprint density at radius 1 is 0.837 bits per heavy atom. The van der Waals surface area contributed by atoms with E-state index in [1.807, 2.05) is 0 Å². The maximum absolute atomic E-state index is 13.6. The number of nitrogen functional groups attached to an aromatic ring is 2. The monoisotopic (exact) mass is 592 g/mol. The van der Waals surface area contributed by atoms with E-state index in [2.05, 4.69) is 27.5 Å². The highest BCUT2D eigenvalue weighted by Gasteiger charge is 2.32. The molecule has 2 aromatic rings. The van der Waals surface area contributed by atoms with Gasteiger partial charge in [-0.05, 0) is 42.5 Å². The molecule has 2 unspecified atom stereocenters. The summed E-state index contributed by atoms with van der Waals surface area (Å²) >= 11 is 0. The summed E-state index contributed by atoms with van der Waals surface area (Å²) in [6.45, 7) is 3.93.